The zero-order chi connectivity index (χ0) is 7.26. The van der Waals surface area contributed by atoms with Crippen LogP contribution in [0.2, 0.25) is 0 Å². The topological polar surface area (TPSA) is 15.3 Å². The summed E-state index contributed by atoms with van der Waals surface area (Å²) in [6.07, 6.45) is 4.43. The molecule has 0 unspecified atom stereocenters. The van der Waals surface area contributed by atoms with Gasteiger partial charge in [0, 0.05) is 31.7 Å². The highest BCUT2D eigenvalue weighted by Crippen LogP contribution is 2.33. The Morgan fingerprint density at radius 3 is 2.82 bits per heavy atom. The number of likely N-dealkylation sites (tertiary alicyclic amines) is 1. The van der Waals surface area contributed by atoms with Crippen molar-refractivity contribution in [2.24, 2.45) is 5.92 Å². The molecule has 0 amide bonds. The van der Waals surface area contributed by atoms with Gasteiger partial charge in [-0.3, -0.25) is 4.90 Å². The number of nitrogens with one attached hydrogen (secondary N) is 1. The van der Waals surface area contributed by atoms with Crippen molar-refractivity contribution in [3.8, 4) is 0 Å². The average Bonchev–Trinajstić information content (AvgIpc) is 2.61. The van der Waals surface area contributed by atoms with Crippen molar-refractivity contribution in [1.29, 1.82) is 0 Å². The monoisotopic (exact) mass is 152 g/mol. The molecule has 2 atom stereocenters. The normalized spacial score (nSPS) is 43.6. The van der Waals surface area contributed by atoms with Crippen LogP contribution in [0, 0.1) is 5.92 Å². The van der Waals surface area contributed by atoms with Crippen LogP contribution >= 0.6 is 0 Å². The molecule has 3 aliphatic rings. The molecule has 0 aromatic heterocycles. The first-order chi connectivity index (χ1) is 5.42. The minimum atomic E-state index is 0.846. The second-order valence-corrected chi connectivity index (χ2v) is 4.39. The standard InChI is InChI=1S/C9H16N2/c1-2-7(1)5-11-6-8-3-9(11)4-10-8/h7-10H,1-6H2/t8-,9-/m0/s1. The Hall–Kier alpha value is -0.0800. The fourth-order valence-electron chi connectivity index (χ4n) is 2.50. The molecule has 3 fully saturated rings. The van der Waals surface area contributed by atoms with Crippen molar-refractivity contribution in [3.63, 3.8) is 0 Å². The van der Waals surface area contributed by atoms with Gasteiger partial charge < -0.3 is 5.32 Å². The summed E-state index contributed by atoms with van der Waals surface area (Å²) < 4.78 is 0. The SMILES string of the molecule is C1CC1CN1C[C@@H]2C[C@H]1CN2. The lowest BCUT2D eigenvalue weighted by Crippen LogP contribution is -2.44. The van der Waals surface area contributed by atoms with Gasteiger partial charge in [-0.05, 0) is 25.2 Å². The average molecular weight is 152 g/mol. The molecular formula is C9H16N2. The van der Waals surface area contributed by atoms with E-state index in [1.807, 2.05) is 0 Å². The predicted molar refractivity (Wildman–Crippen MR) is 44.5 cm³/mol. The van der Waals surface area contributed by atoms with Gasteiger partial charge in [-0.15, -0.1) is 0 Å². The van der Waals surface area contributed by atoms with Crippen LogP contribution in [-0.4, -0.2) is 36.6 Å². The van der Waals surface area contributed by atoms with Gasteiger partial charge in [0.1, 0.15) is 0 Å². The highest BCUT2D eigenvalue weighted by Gasteiger charge is 2.39. The van der Waals surface area contributed by atoms with Crippen LogP contribution in [0.5, 0.6) is 0 Å². The molecule has 1 N–H and O–H groups in total. The van der Waals surface area contributed by atoms with E-state index in [0.29, 0.717) is 0 Å². The number of hydrogen-bond acceptors (Lipinski definition) is 2. The Kier molecular flexibility index (Phi) is 1.29. The Balaban J connectivity index is 1.62. The molecule has 2 heteroatoms. The van der Waals surface area contributed by atoms with E-state index in [2.05, 4.69) is 10.2 Å². The lowest BCUT2D eigenvalue weighted by molar-refractivity contribution is 0.217. The smallest absolute Gasteiger partial charge is 0.0236 e. The van der Waals surface area contributed by atoms with Crippen LogP contribution < -0.4 is 5.32 Å². The molecule has 0 spiro atoms. The van der Waals surface area contributed by atoms with Crippen molar-refractivity contribution in [1.82, 2.24) is 10.2 Å². The Labute approximate surface area is 68.0 Å². The van der Waals surface area contributed by atoms with Crippen LogP contribution in [0.3, 0.4) is 0 Å². The Bertz CT molecular complexity index is 165. The molecule has 1 aliphatic carbocycles. The summed E-state index contributed by atoms with van der Waals surface area (Å²) in [6.45, 7) is 4.00. The maximum Gasteiger partial charge on any atom is 0.0236 e. The Morgan fingerprint density at radius 2 is 2.27 bits per heavy atom. The summed E-state index contributed by atoms with van der Waals surface area (Å²) in [5, 5.41) is 3.54. The van der Waals surface area contributed by atoms with Crippen molar-refractivity contribution in [3.05, 3.63) is 0 Å². The van der Waals surface area contributed by atoms with Crippen LogP contribution in [0.15, 0.2) is 0 Å². The van der Waals surface area contributed by atoms with Crippen LogP contribution in [-0.2, 0) is 0 Å². The number of hydrogen-bond donors (Lipinski definition) is 1. The molecule has 2 bridgehead atoms. The quantitative estimate of drug-likeness (QED) is 0.618. The van der Waals surface area contributed by atoms with E-state index in [0.717, 1.165) is 18.0 Å². The molecule has 1 saturated carbocycles. The summed E-state index contributed by atoms with van der Waals surface area (Å²) in [6, 6.07) is 1.75. The van der Waals surface area contributed by atoms with E-state index >= 15 is 0 Å². The van der Waals surface area contributed by atoms with E-state index < -0.39 is 0 Å². The number of nitrogens with zero attached hydrogens (tertiary/aromatic N) is 1. The summed E-state index contributed by atoms with van der Waals surface area (Å²) in [7, 11) is 0. The minimum Gasteiger partial charge on any atom is -0.311 e. The van der Waals surface area contributed by atoms with Crippen LogP contribution in [0.1, 0.15) is 19.3 Å². The van der Waals surface area contributed by atoms with Crippen molar-refractivity contribution in [2.45, 2.75) is 31.3 Å². The first-order valence-electron chi connectivity index (χ1n) is 4.89. The van der Waals surface area contributed by atoms with E-state index in [4.69, 9.17) is 0 Å². The first kappa shape index (κ1) is 6.44. The lowest BCUT2D eigenvalue weighted by Gasteiger charge is -2.26. The van der Waals surface area contributed by atoms with Crippen molar-refractivity contribution in [2.75, 3.05) is 19.6 Å². The zero-order valence-electron chi connectivity index (χ0n) is 6.92. The van der Waals surface area contributed by atoms with Gasteiger partial charge in [0.25, 0.3) is 0 Å². The maximum absolute atomic E-state index is 3.54. The minimum absolute atomic E-state index is 0.846. The predicted octanol–water partition coefficient (Wildman–Crippen LogP) is 0.442. The Morgan fingerprint density at radius 1 is 1.36 bits per heavy atom. The van der Waals surface area contributed by atoms with Gasteiger partial charge in [-0.1, -0.05) is 0 Å². The summed E-state index contributed by atoms with van der Waals surface area (Å²) in [5.41, 5.74) is 0. The number of piperazine rings is 1. The van der Waals surface area contributed by atoms with E-state index in [-0.39, 0.29) is 0 Å². The molecule has 2 heterocycles. The van der Waals surface area contributed by atoms with Crippen molar-refractivity contribution < 1.29 is 0 Å². The molecule has 11 heavy (non-hydrogen) atoms. The van der Waals surface area contributed by atoms with Gasteiger partial charge in [-0.2, -0.15) is 0 Å². The molecule has 0 radical (unpaired) electrons. The second kappa shape index (κ2) is 2.20. The lowest BCUT2D eigenvalue weighted by atomic mass is 10.2. The van der Waals surface area contributed by atoms with Gasteiger partial charge >= 0.3 is 0 Å². The van der Waals surface area contributed by atoms with Crippen LogP contribution in [0.25, 0.3) is 0 Å². The highest BCUT2D eigenvalue weighted by molar-refractivity contribution is 4.98. The third-order valence-electron chi connectivity index (χ3n) is 3.36. The van der Waals surface area contributed by atoms with Crippen LogP contribution in [0.4, 0.5) is 0 Å². The summed E-state index contributed by atoms with van der Waals surface area (Å²) >= 11 is 0. The van der Waals surface area contributed by atoms with Crippen molar-refractivity contribution >= 4 is 0 Å². The summed E-state index contributed by atoms with van der Waals surface area (Å²) in [4.78, 5) is 2.71. The van der Waals surface area contributed by atoms with E-state index in [1.165, 1.54) is 38.9 Å². The molecule has 62 valence electrons. The largest absolute Gasteiger partial charge is 0.311 e. The maximum atomic E-state index is 3.54. The zero-order valence-corrected chi connectivity index (χ0v) is 6.92. The first-order valence-corrected chi connectivity index (χ1v) is 4.89. The molecule has 2 aliphatic heterocycles. The fraction of sp³-hybridized carbons (Fsp3) is 1.00. The third-order valence-corrected chi connectivity index (χ3v) is 3.36. The second-order valence-electron chi connectivity index (χ2n) is 4.39. The van der Waals surface area contributed by atoms with E-state index in [1.54, 1.807) is 0 Å². The molecule has 0 aromatic carbocycles. The number of fused-ring (bicyclic) bond motifs is 2. The molecule has 0 aromatic rings. The highest BCUT2D eigenvalue weighted by atomic mass is 15.3. The van der Waals surface area contributed by atoms with Gasteiger partial charge in [0.15, 0.2) is 0 Å². The fourth-order valence-corrected chi connectivity index (χ4v) is 2.50. The van der Waals surface area contributed by atoms with Gasteiger partial charge in [0.2, 0.25) is 0 Å². The molecule has 2 nitrogen and oxygen atoms in total. The van der Waals surface area contributed by atoms with E-state index in [9.17, 15) is 0 Å². The van der Waals surface area contributed by atoms with Gasteiger partial charge in [-0.25, -0.2) is 0 Å². The summed E-state index contributed by atoms with van der Waals surface area (Å²) in [5.74, 6) is 1.08. The van der Waals surface area contributed by atoms with Gasteiger partial charge in [0.05, 0.1) is 0 Å². The molecule has 2 saturated heterocycles. The third kappa shape index (κ3) is 1.09. The molecular weight excluding hydrogens is 136 g/mol. The number of rotatable bonds is 2. The molecule has 3 rings (SSSR count).